The van der Waals surface area contributed by atoms with Gasteiger partial charge in [0.1, 0.15) is 17.7 Å². The summed E-state index contributed by atoms with van der Waals surface area (Å²) in [5.74, 6) is -1.54. The van der Waals surface area contributed by atoms with E-state index in [2.05, 4.69) is 10.1 Å². The first-order valence-electron chi connectivity index (χ1n) is 7.43. The van der Waals surface area contributed by atoms with Gasteiger partial charge in [-0.3, -0.25) is 9.78 Å². The number of benzene rings is 1. The Hall–Kier alpha value is -1.76. The molecule has 0 aliphatic rings. The summed E-state index contributed by atoms with van der Waals surface area (Å²) >= 11 is 5.18. The van der Waals surface area contributed by atoms with Crippen molar-refractivity contribution < 1.29 is 13.5 Å². The van der Waals surface area contributed by atoms with Gasteiger partial charge in [-0.25, -0.2) is 13.8 Å². The van der Waals surface area contributed by atoms with Crippen LogP contribution < -0.4 is 4.74 Å². The van der Waals surface area contributed by atoms with Gasteiger partial charge in [0.15, 0.2) is 11.6 Å². The summed E-state index contributed by atoms with van der Waals surface area (Å²) in [7, 11) is 0. The Bertz CT molecular complexity index is 735. The predicted octanol–water partition coefficient (Wildman–Crippen LogP) is 4.49. The highest BCUT2D eigenvalue weighted by molar-refractivity contribution is 7.71. The van der Waals surface area contributed by atoms with E-state index >= 15 is 0 Å². The third-order valence-corrected chi connectivity index (χ3v) is 4.50. The zero-order valence-corrected chi connectivity index (χ0v) is 14.5. The molecule has 1 heterocycles. The van der Waals surface area contributed by atoms with E-state index in [-0.39, 0.29) is 11.2 Å². The second kappa shape index (κ2) is 6.39. The fraction of sp³-hybridized carbons (Fsp3) is 0.500. The summed E-state index contributed by atoms with van der Waals surface area (Å²) < 4.78 is 34.9. The van der Waals surface area contributed by atoms with Crippen LogP contribution >= 0.6 is 12.2 Å². The fourth-order valence-electron chi connectivity index (χ4n) is 2.55. The Labute approximate surface area is 139 Å². The summed E-state index contributed by atoms with van der Waals surface area (Å²) in [6.07, 6.45) is 2.17. The summed E-state index contributed by atoms with van der Waals surface area (Å²) in [5.41, 5.74) is -0.964. The fourth-order valence-corrected chi connectivity index (χ4v) is 2.72. The van der Waals surface area contributed by atoms with Gasteiger partial charge in [0.05, 0.1) is 6.54 Å². The van der Waals surface area contributed by atoms with Crippen LogP contribution in [0.25, 0.3) is 0 Å². The number of ether oxygens (including phenoxy) is 1. The molecule has 0 aliphatic heterocycles. The lowest BCUT2D eigenvalue weighted by atomic mass is 9.74. The van der Waals surface area contributed by atoms with E-state index in [1.54, 1.807) is 4.68 Å². The zero-order chi connectivity index (χ0) is 17.3. The SMILES string of the molecule is CCC(Cn1[nH]cnc1=S)(Oc1ccc(F)c(F)c1)C(C)(C)C. The maximum atomic E-state index is 13.5. The van der Waals surface area contributed by atoms with Crippen LogP contribution in [0.4, 0.5) is 8.78 Å². The van der Waals surface area contributed by atoms with Crippen LogP contribution in [0.3, 0.4) is 0 Å². The molecule has 2 rings (SSSR count). The van der Waals surface area contributed by atoms with Crippen LogP contribution in [0.15, 0.2) is 24.5 Å². The normalized spacial score (nSPS) is 14.5. The number of hydrogen-bond acceptors (Lipinski definition) is 3. The molecule has 0 radical (unpaired) electrons. The molecule has 126 valence electrons. The monoisotopic (exact) mass is 341 g/mol. The average molecular weight is 341 g/mol. The van der Waals surface area contributed by atoms with Gasteiger partial charge < -0.3 is 4.74 Å². The first-order chi connectivity index (χ1) is 10.7. The van der Waals surface area contributed by atoms with Crippen molar-refractivity contribution >= 4 is 12.2 Å². The number of hydrogen-bond donors (Lipinski definition) is 1. The van der Waals surface area contributed by atoms with E-state index in [1.165, 1.54) is 12.4 Å². The molecular weight excluding hydrogens is 320 g/mol. The Balaban J connectivity index is 2.42. The van der Waals surface area contributed by atoms with Gasteiger partial charge in [-0.1, -0.05) is 27.7 Å². The summed E-state index contributed by atoms with van der Waals surface area (Å²) in [4.78, 5) is 4.01. The van der Waals surface area contributed by atoms with Crippen molar-refractivity contribution in [2.45, 2.75) is 46.3 Å². The largest absolute Gasteiger partial charge is 0.485 e. The second-order valence-corrected chi connectivity index (χ2v) is 6.90. The Morgan fingerprint density at radius 2 is 1.96 bits per heavy atom. The molecule has 1 aromatic heterocycles. The lowest BCUT2D eigenvalue weighted by Gasteiger charge is -2.44. The number of H-pyrrole nitrogens is 1. The quantitative estimate of drug-likeness (QED) is 0.815. The molecule has 1 N–H and O–H groups in total. The third-order valence-electron chi connectivity index (χ3n) is 4.18. The number of nitrogens with one attached hydrogen (secondary N) is 1. The maximum Gasteiger partial charge on any atom is 0.215 e. The summed E-state index contributed by atoms with van der Waals surface area (Å²) in [6, 6.07) is 3.56. The molecule has 0 bridgehead atoms. The Kier molecular flexibility index (Phi) is 4.89. The van der Waals surface area contributed by atoms with Gasteiger partial charge in [0, 0.05) is 11.5 Å². The van der Waals surface area contributed by atoms with Crippen molar-refractivity contribution in [2.75, 3.05) is 0 Å². The van der Waals surface area contributed by atoms with Crippen molar-refractivity contribution in [3.63, 3.8) is 0 Å². The highest BCUT2D eigenvalue weighted by atomic mass is 32.1. The molecule has 2 aromatic rings. The van der Waals surface area contributed by atoms with Gasteiger partial charge in [-0.2, -0.15) is 0 Å². The molecule has 0 amide bonds. The van der Waals surface area contributed by atoms with E-state index in [4.69, 9.17) is 17.0 Å². The highest BCUT2D eigenvalue weighted by Crippen LogP contribution is 2.39. The van der Waals surface area contributed by atoms with Gasteiger partial charge >= 0.3 is 0 Å². The molecule has 0 aliphatic carbocycles. The molecule has 23 heavy (non-hydrogen) atoms. The van der Waals surface area contributed by atoms with Crippen molar-refractivity contribution in [1.29, 1.82) is 0 Å². The third kappa shape index (κ3) is 3.60. The molecule has 0 saturated carbocycles. The van der Waals surface area contributed by atoms with E-state index in [0.717, 1.165) is 12.1 Å². The van der Waals surface area contributed by atoms with Crippen LogP contribution in [0.5, 0.6) is 5.75 Å². The van der Waals surface area contributed by atoms with Gasteiger partial charge in [0.2, 0.25) is 4.77 Å². The Morgan fingerprint density at radius 1 is 1.26 bits per heavy atom. The smallest absolute Gasteiger partial charge is 0.215 e. The van der Waals surface area contributed by atoms with E-state index in [1.807, 2.05) is 27.7 Å². The van der Waals surface area contributed by atoms with E-state index in [0.29, 0.717) is 17.7 Å². The minimum Gasteiger partial charge on any atom is -0.485 e. The minimum atomic E-state index is -0.931. The van der Waals surface area contributed by atoms with Crippen LogP contribution in [0.2, 0.25) is 0 Å². The molecule has 0 fully saturated rings. The van der Waals surface area contributed by atoms with E-state index < -0.39 is 17.2 Å². The molecule has 4 nitrogen and oxygen atoms in total. The van der Waals surface area contributed by atoms with Crippen molar-refractivity contribution in [2.24, 2.45) is 5.41 Å². The van der Waals surface area contributed by atoms with Crippen LogP contribution in [-0.4, -0.2) is 20.4 Å². The molecule has 7 heteroatoms. The topological polar surface area (TPSA) is 42.8 Å². The molecule has 1 atom stereocenters. The number of halogens is 2. The van der Waals surface area contributed by atoms with Crippen LogP contribution in [-0.2, 0) is 6.54 Å². The van der Waals surface area contributed by atoms with Gasteiger partial charge in [-0.05, 0) is 30.8 Å². The molecule has 1 unspecified atom stereocenters. The van der Waals surface area contributed by atoms with Crippen molar-refractivity contribution in [3.05, 3.63) is 40.9 Å². The molecular formula is C16H21F2N3OS. The lowest BCUT2D eigenvalue weighted by Crippen LogP contribution is -2.51. The number of rotatable bonds is 5. The first-order valence-corrected chi connectivity index (χ1v) is 7.83. The molecule has 0 saturated heterocycles. The average Bonchev–Trinajstić information content (AvgIpc) is 2.86. The number of nitrogens with zero attached hydrogens (tertiary/aromatic N) is 2. The summed E-state index contributed by atoms with van der Waals surface area (Å²) in [5, 5.41) is 2.96. The maximum absolute atomic E-state index is 13.5. The standard InChI is InChI=1S/C16H21F2N3OS/c1-5-16(15(2,3)4,9-21-14(23)19-10-20-21)22-11-6-7-12(17)13(18)8-11/h6-8,10H,5,9H2,1-4H3,(H,19,20,23). The minimum absolute atomic E-state index is 0.284. The zero-order valence-electron chi connectivity index (χ0n) is 13.7. The van der Waals surface area contributed by atoms with Crippen molar-refractivity contribution in [1.82, 2.24) is 14.8 Å². The Morgan fingerprint density at radius 3 is 2.43 bits per heavy atom. The highest BCUT2D eigenvalue weighted by Gasteiger charge is 2.43. The summed E-state index contributed by atoms with van der Waals surface area (Å²) in [6.45, 7) is 8.53. The van der Waals surface area contributed by atoms with Crippen LogP contribution in [0.1, 0.15) is 34.1 Å². The lowest BCUT2D eigenvalue weighted by molar-refractivity contribution is -0.0534. The van der Waals surface area contributed by atoms with Crippen molar-refractivity contribution in [3.8, 4) is 5.75 Å². The predicted molar refractivity (Wildman–Crippen MR) is 86.9 cm³/mol. The first kappa shape index (κ1) is 17.6. The van der Waals surface area contributed by atoms with Gasteiger partial charge in [-0.15, -0.1) is 0 Å². The molecule has 1 aromatic carbocycles. The number of aromatic nitrogens is 3. The molecule has 0 spiro atoms. The van der Waals surface area contributed by atoms with Gasteiger partial charge in [0.25, 0.3) is 0 Å². The van der Waals surface area contributed by atoms with Crippen LogP contribution in [0, 0.1) is 21.8 Å². The number of aromatic amines is 1. The van der Waals surface area contributed by atoms with E-state index in [9.17, 15) is 8.78 Å². The second-order valence-electron chi connectivity index (χ2n) is 6.53.